The molecule has 112 valence electrons. The molecule has 0 saturated heterocycles. The number of ether oxygens (including phenoxy) is 2. The van der Waals surface area contributed by atoms with E-state index >= 15 is 0 Å². The molecule has 4 heteroatoms. The molecule has 0 heterocycles. The molecule has 0 fully saturated rings. The molecule has 0 aromatic carbocycles. The zero-order valence-electron chi connectivity index (χ0n) is 12.6. The number of carbonyl (C=O) groups is 2. The summed E-state index contributed by atoms with van der Waals surface area (Å²) < 4.78 is 10.1. The van der Waals surface area contributed by atoms with Gasteiger partial charge >= 0.3 is 11.9 Å². The Bertz CT molecular complexity index is 251. The Balaban J connectivity index is 3.64. The van der Waals surface area contributed by atoms with Crippen LogP contribution in [0.3, 0.4) is 0 Å². The summed E-state index contributed by atoms with van der Waals surface area (Å²) >= 11 is 0. The van der Waals surface area contributed by atoms with Gasteiger partial charge < -0.3 is 9.47 Å². The van der Waals surface area contributed by atoms with Gasteiger partial charge in [-0.25, -0.2) is 0 Å². The van der Waals surface area contributed by atoms with Gasteiger partial charge in [-0.3, -0.25) is 9.59 Å². The molecule has 0 aliphatic carbocycles. The van der Waals surface area contributed by atoms with Gasteiger partial charge in [0.1, 0.15) is 0 Å². The first-order valence-corrected chi connectivity index (χ1v) is 7.44. The molecule has 0 rings (SSSR count). The molecule has 19 heavy (non-hydrogen) atoms. The Morgan fingerprint density at radius 1 is 0.895 bits per heavy atom. The molecule has 0 amide bonds. The Morgan fingerprint density at radius 3 is 2.16 bits per heavy atom. The first-order valence-electron chi connectivity index (χ1n) is 7.44. The summed E-state index contributed by atoms with van der Waals surface area (Å²) in [5.41, 5.74) is 0. The maximum Gasteiger partial charge on any atom is 0.309 e. The van der Waals surface area contributed by atoms with E-state index in [9.17, 15) is 9.59 Å². The van der Waals surface area contributed by atoms with Crippen molar-refractivity contribution in [1.29, 1.82) is 0 Å². The van der Waals surface area contributed by atoms with Crippen molar-refractivity contribution in [3.8, 4) is 0 Å². The normalized spacial score (nSPS) is 11.9. The van der Waals surface area contributed by atoms with Crippen LogP contribution in [0.1, 0.15) is 65.7 Å². The predicted molar refractivity (Wildman–Crippen MR) is 74.7 cm³/mol. The third-order valence-electron chi connectivity index (χ3n) is 2.88. The Labute approximate surface area is 116 Å². The van der Waals surface area contributed by atoms with Crippen molar-refractivity contribution in [2.45, 2.75) is 65.7 Å². The zero-order valence-corrected chi connectivity index (χ0v) is 12.6. The van der Waals surface area contributed by atoms with E-state index < -0.39 is 5.92 Å². The van der Waals surface area contributed by atoms with Crippen LogP contribution in [0, 0.1) is 5.92 Å². The van der Waals surface area contributed by atoms with E-state index in [-0.39, 0.29) is 18.4 Å². The van der Waals surface area contributed by atoms with Gasteiger partial charge in [-0.15, -0.1) is 0 Å². The molecule has 0 aliphatic heterocycles. The molecule has 0 spiro atoms. The van der Waals surface area contributed by atoms with Crippen molar-refractivity contribution in [3.63, 3.8) is 0 Å². The topological polar surface area (TPSA) is 52.6 Å². The standard InChI is InChI=1S/C15H28O4/c1-4-6-8-9-11-18-14(16)12-13(3)15(17)19-10-7-5-2/h13H,4-12H2,1-3H3/t13-/m0/s1. The molecule has 0 radical (unpaired) electrons. The minimum absolute atomic E-state index is 0.110. The Kier molecular flexibility index (Phi) is 11.3. The van der Waals surface area contributed by atoms with Gasteiger partial charge in [0.05, 0.1) is 25.6 Å². The fourth-order valence-electron chi connectivity index (χ4n) is 1.57. The maximum absolute atomic E-state index is 11.5. The molecular formula is C15H28O4. The summed E-state index contributed by atoms with van der Waals surface area (Å²) in [5, 5.41) is 0. The smallest absolute Gasteiger partial charge is 0.309 e. The second kappa shape index (κ2) is 12.0. The molecule has 0 N–H and O–H groups in total. The fourth-order valence-corrected chi connectivity index (χ4v) is 1.57. The second-order valence-electron chi connectivity index (χ2n) is 4.91. The third-order valence-corrected chi connectivity index (χ3v) is 2.88. The minimum atomic E-state index is -0.417. The largest absolute Gasteiger partial charge is 0.466 e. The average Bonchev–Trinajstić information content (AvgIpc) is 2.38. The van der Waals surface area contributed by atoms with Gasteiger partial charge in [-0.05, 0) is 12.8 Å². The lowest BCUT2D eigenvalue weighted by atomic mass is 10.1. The van der Waals surface area contributed by atoms with Crippen molar-refractivity contribution >= 4 is 11.9 Å². The fraction of sp³-hybridized carbons (Fsp3) is 0.867. The van der Waals surface area contributed by atoms with E-state index in [4.69, 9.17) is 9.47 Å². The van der Waals surface area contributed by atoms with Crippen molar-refractivity contribution < 1.29 is 19.1 Å². The van der Waals surface area contributed by atoms with E-state index in [0.717, 1.165) is 38.5 Å². The number of hydrogen-bond acceptors (Lipinski definition) is 4. The van der Waals surface area contributed by atoms with Crippen LogP contribution in [0.2, 0.25) is 0 Å². The SMILES string of the molecule is CCCCCCOC(=O)C[C@H](C)C(=O)OCCCC. The Morgan fingerprint density at radius 2 is 1.53 bits per heavy atom. The van der Waals surface area contributed by atoms with Gasteiger partial charge in [-0.2, -0.15) is 0 Å². The molecule has 0 unspecified atom stereocenters. The van der Waals surface area contributed by atoms with Crippen molar-refractivity contribution in [1.82, 2.24) is 0 Å². The van der Waals surface area contributed by atoms with Crippen LogP contribution < -0.4 is 0 Å². The van der Waals surface area contributed by atoms with Gasteiger partial charge in [0.25, 0.3) is 0 Å². The van der Waals surface area contributed by atoms with Crippen molar-refractivity contribution in [2.24, 2.45) is 5.92 Å². The highest BCUT2D eigenvalue weighted by molar-refractivity contribution is 5.79. The van der Waals surface area contributed by atoms with Crippen LogP contribution in [0.15, 0.2) is 0 Å². The summed E-state index contributed by atoms with van der Waals surface area (Å²) in [5.74, 6) is -1.03. The van der Waals surface area contributed by atoms with Gasteiger partial charge in [0.15, 0.2) is 0 Å². The first-order chi connectivity index (χ1) is 9.11. The lowest BCUT2D eigenvalue weighted by Gasteiger charge is -2.11. The van der Waals surface area contributed by atoms with E-state index in [1.807, 2.05) is 6.92 Å². The highest BCUT2D eigenvalue weighted by atomic mass is 16.5. The monoisotopic (exact) mass is 272 g/mol. The average molecular weight is 272 g/mol. The molecular weight excluding hydrogens is 244 g/mol. The molecule has 0 saturated carbocycles. The van der Waals surface area contributed by atoms with Gasteiger partial charge in [0, 0.05) is 0 Å². The van der Waals surface area contributed by atoms with Crippen molar-refractivity contribution in [3.05, 3.63) is 0 Å². The van der Waals surface area contributed by atoms with E-state index in [2.05, 4.69) is 6.92 Å². The predicted octanol–water partition coefficient (Wildman–Crippen LogP) is 3.48. The first kappa shape index (κ1) is 17.9. The number of esters is 2. The number of rotatable bonds is 11. The highest BCUT2D eigenvalue weighted by Gasteiger charge is 2.19. The molecule has 0 aliphatic rings. The zero-order chi connectivity index (χ0) is 14.5. The summed E-state index contributed by atoms with van der Waals surface area (Å²) in [4.78, 5) is 23.0. The summed E-state index contributed by atoms with van der Waals surface area (Å²) in [7, 11) is 0. The minimum Gasteiger partial charge on any atom is -0.466 e. The lowest BCUT2D eigenvalue weighted by molar-refractivity contribution is -0.154. The molecule has 0 aromatic rings. The summed E-state index contributed by atoms with van der Waals surface area (Å²) in [6.45, 7) is 6.76. The van der Waals surface area contributed by atoms with E-state index in [0.29, 0.717) is 13.2 Å². The summed E-state index contributed by atoms with van der Waals surface area (Å²) in [6, 6.07) is 0. The third kappa shape index (κ3) is 10.5. The van der Waals surface area contributed by atoms with E-state index in [1.54, 1.807) is 6.92 Å². The summed E-state index contributed by atoms with van der Waals surface area (Å²) in [6.07, 6.45) is 6.26. The number of unbranched alkanes of at least 4 members (excludes halogenated alkanes) is 4. The van der Waals surface area contributed by atoms with Crippen molar-refractivity contribution in [2.75, 3.05) is 13.2 Å². The molecule has 0 bridgehead atoms. The van der Waals surface area contributed by atoms with Crippen LogP contribution in [0.25, 0.3) is 0 Å². The molecule has 1 atom stereocenters. The van der Waals surface area contributed by atoms with Crippen LogP contribution in [0.4, 0.5) is 0 Å². The molecule has 0 aromatic heterocycles. The van der Waals surface area contributed by atoms with Crippen LogP contribution in [0.5, 0.6) is 0 Å². The molecule has 4 nitrogen and oxygen atoms in total. The van der Waals surface area contributed by atoms with Gasteiger partial charge in [-0.1, -0.05) is 46.5 Å². The van der Waals surface area contributed by atoms with Crippen LogP contribution in [-0.2, 0) is 19.1 Å². The number of carbonyl (C=O) groups excluding carboxylic acids is 2. The quantitative estimate of drug-likeness (QED) is 0.427. The maximum atomic E-state index is 11.5. The van der Waals surface area contributed by atoms with E-state index in [1.165, 1.54) is 0 Å². The number of hydrogen-bond donors (Lipinski definition) is 0. The second-order valence-corrected chi connectivity index (χ2v) is 4.91. The van der Waals surface area contributed by atoms with Gasteiger partial charge in [0.2, 0.25) is 0 Å². The lowest BCUT2D eigenvalue weighted by Crippen LogP contribution is -2.20. The van der Waals surface area contributed by atoms with Crippen LogP contribution in [-0.4, -0.2) is 25.2 Å². The highest BCUT2D eigenvalue weighted by Crippen LogP contribution is 2.08. The Hall–Kier alpha value is -1.06. The van der Waals surface area contributed by atoms with Crippen LogP contribution >= 0.6 is 0 Å².